The lowest BCUT2D eigenvalue weighted by Crippen LogP contribution is -2.28. The Morgan fingerprint density at radius 1 is 1.18 bits per heavy atom. The molecule has 0 amide bonds. The Morgan fingerprint density at radius 3 is 2.59 bits per heavy atom. The molecule has 22 heavy (non-hydrogen) atoms. The van der Waals surface area contributed by atoms with Crippen molar-refractivity contribution in [2.75, 3.05) is 13.2 Å². The lowest BCUT2D eigenvalue weighted by Gasteiger charge is -2.13. The van der Waals surface area contributed by atoms with Gasteiger partial charge < -0.3 is 15.2 Å². The second-order valence-corrected chi connectivity index (χ2v) is 4.88. The van der Waals surface area contributed by atoms with Gasteiger partial charge in [0, 0.05) is 18.5 Å². The van der Waals surface area contributed by atoms with Crippen LogP contribution in [0.5, 0.6) is 5.75 Å². The summed E-state index contributed by atoms with van der Waals surface area (Å²) in [6.45, 7) is -0.554. The molecule has 0 heterocycles. The number of aliphatic carboxylic acids is 1. The highest BCUT2D eigenvalue weighted by molar-refractivity contribution is 5.66. The third kappa shape index (κ3) is 8.51. The summed E-state index contributed by atoms with van der Waals surface area (Å²) in [4.78, 5) is 10.4. The minimum absolute atomic E-state index is 0.0781. The molecule has 0 aliphatic rings. The van der Waals surface area contributed by atoms with Crippen LogP contribution in [0.15, 0.2) is 24.3 Å². The molecule has 1 aromatic carbocycles. The van der Waals surface area contributed by atoms with Crippen LogP contribution in [0, 0.1) is 0 Å². The molecular weight excluding hydrogens is 299 g/mol. The fraction of sp³-hybridized carbons (Fsp3) is 0.533. The molecule has 0 unspecified atom stereocenters. The average Bonchev–Trinajstić information content (AvgIpc) is 2.42. The molecule has 0 fully saturated rings. The summed E-state index contributed by atoms with van der Waals surface area (Å²) < 4.78 is 41.9. The van der Waals surface area contributed by atoms with Gasteiger partial charge in [-0.05, 0) is 25.3 Å². The largest absolute Gasteiger partial charge is 0.493 e. The highest BCUT2D eigenvalue weighted by Crippen LogP contribution is 2.19. The molecule has 0 saturated carbocycles. The second kappa shape index (κ2) is 9.30. The van der Waals surface area contributed by atoms with E-state index >= 15 is 0 Å². The molecule has 0 aromatic heterocycles. The summed E-state index contributed by atoms with van der Waals surface area (Å²) in [5, 5.41) is 10.8. The van der Waals surface area contributed by atoms with Gasteiger partial charge in [0.05, 0.1) is 13.2 Å². The summed E-state index contributed by atoms with van der Waals surface area (Å²) in [7, 11) is 0. The zero-order valence-corrected chi connectivity index (χ0v) is 12.2. The first-order valence-electron chi connectivity index (χ1n) is 7.08. The van der Waals surface area contributed by atoms with Crippen molar-refractivity contribution in [2.24, 2.45) is 0 Å². The molecule has 0 atom stereocenters. The zero-order chi connectivity index (χ0) is 16.4. The van der Waals surface area contributed by atoms with Crippen molar-refractivity contribution >= 4 is 5.97 Å². The molecule has 124 valence electrons. The molecule has 2 N–H and O–H groups in total. The van der Waals surface area contributed by atoms with Crippen molar-refractivity contribution in [2.45, 2.75) is 38.4 Å². The summed E-state index contributed by atoms with van der Waals surface area (Å²) in [5.41, 5.74) is 0.664. The van der Waals surface area contributed by atoms with E-state index in [1.165, 1.54) is 0 Å². The van der Waals surface area contributed by atoms with Crippen LogP contribution in [0.2, 0.25) is 0 Å². The Bertz CT molecular complexity index is 464. The van der Waals surface area contributed by atoms with E-state index in [0.29, 0.717) is 30.8 Å². The molecule has 0 radical (unpaired) electrons. The number of hydrogen-bond donors (Lipinski definition) is 2. The lowest BCUT2D eigenvalue weighted by atomic mass is 10.2. The summed E-state index contributed by atoms with van der Waals surface area (Å²) >= 11 is 0. The van der Waals surface area contributed by atoms with E-state index in [0.717, 1.165) is 6.42 Å². The van der Waals surface area contributed by atoms with Crippen LogP contribution in [0.25, 0.3) is 0 Å². The Kier molecular flexibility index (Phi) is 7.73. The van der Waals surface area contributed by atoms with Crippen LogP contribution in [-0.2, 0) is 11.3 Å². The maximum absolute atomic E-state index is 12.1. The molecule has 0 aliphatic heterocycles. The van der Waals surface area contributed by atoms with Crippen molar-refractivity contribution in [1.29, 1.82) is 0 Å². The summed E-state index contributed by atoms with van der Waals surface area (Å²) in [5.74, 6) is -0.266. The number of nitrogens with one attached hydrogen (secondary N) is 1. The molecule has 0 spiro atoms. The van der Waals surface area contributed by atoms with Crippen LogP contribution in [0.1, 0.15) is 31.2 Å². The van der Waals surface area contributed by atoms with E-state index in [1.54, 1.807) is 24.3 Å². The maximum Gasteiger partial charge on any atom is 0.401 e. The molecule has 7 heteroatoms. The monoisotopic (exact) mass is 319 g/mol. The minimum Gasteiger partial charge on any atom is -0.493 e. The number of para-hydroxylation sites is 1. The van der Waals surface area contributed by atoms with Crippen molar-refractivity contribution in [1.82, 2.24) is 5.32 Å². The average molecular weight is 319 g/mol. The smallest absolute Gasteiger partial charge is 0.401 e. The fourth-order valence-corrected chi connectivity index (χ4v) is 1.87. The fourth-order valence-electron chi connectivity index (χ4n) is 1.87. The molecule has 0 aliphatic carbocycles. The lowest BCUT2D eigenvalue weighted by molar-refractivity contribution is -0.137. The Hall–Kier alpha value is -1.76. The normalized spacial score (nSPS) is 11.4. The quantitative estimate of drug-likeness (QED) is 0.649. The van der Waals surface area contributed by atoms with Crippen LogP contribution in [-0.4, -0.2) is 30.4 Å². The van der Waals surface area contributed by atoms with Gasteiger partial charge >= 0.3 is 12.1 Å². The summed E-state index contributed by atoms with van der Waals surface area (Å²) in [6.07, 6.45) is -2.07. The number of ether oxygens (including phenoxy) is 1. The second-order valence-electron chi connectivity index (χ2n) is 4.88. The van der Waals surface area contributed by atoms with E-state index in [2.05, 4.69) is 5.32 Å². The number of carboxylic acids is 1. The minimum atomic E-state index is -4.24. The van der Waals surface area contributed by atoms with E-state index in [-0.39, 0.29) is 13.0 Å². The van der Waals surface area contributed by atoms with E-state index in [1.807, 2.05) is 0 Å². The van der Waals surface area contributed by atoms with E-state index in [9.17, 15) is 18.0 Å². The van der Waals surface area contributed by atoms with E-state index < -0.39 is 18.7 Å². The first kappa shape index (κ1) is 18.3. The van der Waals surface area contributed by atoms with Gasteiger partial charge in [0.1, 0.15) is 5.75 Å². The van der Waals surface area contributed by atoms with Crippen LogP contribution in [0.4, 0.5) is 13.2 Å². The Balaban J connectivity index is 2.32. The topological polar surface area (TPSA) is 58.6 Å². The number of carboxylic acid groups (broad SMARTS) is 1. The van der Waals surface area contributed by atoms with Crippen molar-refractivity contribution in [3.63, 3.8) is 0 Å². The molecule has 0 saturated heterocycles. The van der Waals surface area contributed by atoms with Gasteiger partial charge in [0.15, 0.2) is 0 Å². The first-order valence-corrected chi connectivity index (χ1v) is 7.08. The van der Waals surface area contributed by atoms with Gasteiger partial charge in [-0.1, -0.05) is 18.2 Å². The van der Waals surface area contributed by atoms with Crippen molar-refractivity contribution in [3.05, 3.63) is 29.8 Å². The van der Waals surface area contributed by atoms with Gasteiger partial charge in [0.2, 0.25) is 0 Å². The van der Waals surface area contributed by atoms with Crippen LogP contribution < -0.4 is 10.1 Å². The molecular formula is C15H20F3NO3. The van der Waals surface area contributed by atoms with Crippen LogP contribution in [0.3, 0.4) is 0 Å². The predicted octanol–water partition coefficient (Wildman–Crippen LogP) is 3.36. The number of benzene rings is 1. The van der Waals surface area contributed by atoms with Gasteiger partial charge in [-0.15, -0.1) is 0 Å². The van der Waals surface area contributed by atoms with Crippen molar-refractivity contribution < 1.29 is 27.8 Å². The molecule has 0 bridgehead atoms. The van der Waals surface area contributed by atoms with Gasteiger partial charge in [0.25, 0.3) is 0 Å². The zero-order valence-electron chi connectivity index (χ0n) is 12.2. The van der Waals surface area contributed by atoms with E-state index in [4.69, 9.17) is 9.84 Å². The SMILES string of the molecule is O=C(O)CCCCCOc1ccccc1CNCC(F)(F)F. The number of hydrogen-bond acceptors (Lipinski definition) is 3. The molecule has 1 aromatic rings. The standard InChI is InChI=1S/C15H20F3NO3/c16-15(17,18)11-19-10-12-6-3-4-7-13(12)22-9-5-1-2-8-14(20)21/h3-4,6-7,19H,1-2,5,8-11H2,(H,20,21). The first-order chi connectivity index (χ1) is 10.4. The highest BCUT2D eigenvalue weighted by Gasteiger charge is 2.26. The number of halogens is 3. The van der Waals surface area contributed by atoms with Gasteiger partial charge in [-0.2, -0.15) is 13.2 Å². The maximum atomic E-state index is 12.1. The molecule has 4 nitrogen and oxygen atoms in total. The third-order valence-electron chi connectivity index (χ3n) is 2.91. The number of alkyl halides is 3. The van der Waals surface area contributed by atoms with Crippen molar-refractivity contribution in [3.8, 4) is 5.75 Å². The predicted molar refractivity (Wildman–Crippen MR) is 75.8 cm³/mol. The highest BCUT2D eigenvalue weighted by atomic mass is 19.4. The number of carbonyl (C=O) groups is 1. The molecule has 1 rings (SSSR count). The summed E-state index contributed by atoms with van der Waals surface area (Å²) in [6, 6.07) is 6.92. The third-order valence-corrected chi connectivity index (χ3v) is 2.91. The van der Waals surface area contributed by atoms with Gasteiger partial charge in [-0.3, -0.25) is 4.79 Å². The van der Waals surface area contributed by atoms with Gasteiger partial charge in [-0.25, -0.2) is 0 Å². The number of rotatable bonds is 10. The Morgan fingerprint density at radius 2 is 1.91 bits per heavy atom. The van der Waals surface area contributed by atoms with Crippen LogP contribution >= 0.6 is 0 Å². The Labute approximate surface area is 127 Å². The number of unbranched alkanes of at least 4 members (excludes halogenated alkanes) is 2.